The summed E-state index contributed by atoms with van der Waals surface area (Å²) in [7, 11) is 0. The molecule has 0 radical (unpaired) electrons. The Morgan fingerprint density at radius 3 is 1.78 bits per heavy atom. The zero-order valence-electron chi connectivity index (χ0n) is 10.8. The minimum atomic E-state index is -0.836. The molecule has 1 saturated heterocycles. The second-order valence-corrected chi connectivity index (χ2v) is 4.33. The van der Waals surface area contributed by atoms with Crippen LogP contribution in [0.15, 0.2) is 0 Å². The standard InChI is InChI=1S/C9H17NO2.C3H7NO2/c11-9(12)5-8-10-6-3-1-2-4-7-10;4-2-1-3(5)6/h1-8H2,(H,11,12);1-2,4H2,(H,5,6). The average molecular weight is 260 g/mol. The third-order valence-corrected chi connectivity index (χ3v) is 2.70. The van der Waals surface area contributed by atoms with Crippen molar-refractivity contribution in [3.63, 3.8) is 0 Å². The highest BCUT2D eigenvalue weighted by Gasteiger charge is 2.09. The van der Waals surface area contributed by atoms with Crippen LogP contribution in [0.25, 0.3) is 0 Å². The average Bonchev–Trinajstić information content (AvgIpc) is 2.55. The zero-order valence-corrected chi connectivity index (χ0v) is 10.8. The highest BCUT2D eigenvalue weighted by atomic mass is 16.4. The molecule has 0 unspecified atom stereocenters. The molecule has 0 aromatic rings. The molecular formula is C12H24N2O4. The Kier molecular flexibility index (Phi) is 10.3. The molecule has 0 aromatic heterocycles. The van der Waals surface area contributed by atoms with E-state index in [2.05, 4.69) is 4.90 Å². The van der Waals surface area contributed by atoms with Crippen LogP contribution in [0.1, 0.15) is 38.5 Å². The van der Waals surface area contributed by atoms with Gasteiger partial charge in [0.05, 0.1) is 12.8 Å². The van der Waals surface area contributed by atoms with Crippen LogP contribution in [-0.4, -0.2) is 53.2 Å². The van der Waals surface area contributed by atoms with Crippen molar-refractivity contribution in [2.75, 3.05) is 26.2 Å². The molecule has 0 saturated carbocycles. The second-order valence-electron chi connectivity index (χ2n) is 4.33. The summed E-state index contributed by atoms with van der Waals surface area (Å²) >= 11 is 0. The summed E-state index contributed by atoms with van der Waals surface area (Å²) in [4.78, 5) is 22.1. The molecule has 0 aliphatic carbocycles. The first-order chi connectivity index (χ1) is 8.56. The van der Waals surface area contributed by atoms with Crippen LogP contribution >= 0.6 is 0 Å². The van der Waals surface area contributed by atoms with Crippen LogP contribution in [0.3, 0.4) is 0 Å². The van der Waals surface area contributed by atoms with Gasteiger partial charge in [0.15, 0.2) is 0 Å². The molecule has 1 rings (SSSR count). The number of hydrogen-bond donors (Lipinski definition) is 3. The van der Waals surface area contributed by atoms with Gasteiger partial charge in [0.25, 0.3) is 0 Å². The number of hydrogen-bond acceptors (Lipinski definition) is 4. The molecular weight excluding hydrogens is 236 g/mol. The predicted molar refractivity (Wildman–Crippen MR) is 68.5 cm³/mol. The Labute approximate surface area is 108 Å². The third kappa shape index (κ3) is 11.3. The number of carboxylic acids is 2. The van der Waals surface area contributed by atoms with Crippen molar-refractivity contribution in [1.29, 1.82) is 0 Å². The summed E-state index contributed by atoms with van der Waals surface area (Å²) in [6.45, 7) is 3.14. The van der Waals surface area contributed by atoms with E-state index in [0.717, 1.165) is 19.6 Å². The highest BCUT2D eigenvalue weighted by Crippen LogP contribution is 2.09. The molecule has 0 spiro atoms. The number of carbonyl (C=O) groups is 2. The maximum absolute atomic E-state index is 10.3. The van der Waals surface area contributed by atoms with Crippen molar-refractivity contribution in [3.8, 4) is 0 Å². The maximum atomic E-state index is 10.3. The summed E-state index contributed by atoms with van der Waals surface area (Å²) in [5, 5.41) is 16.3. The van der Waals surface area contributed by atoms with Crippen LogP contribution in [0.4, 0.5) is 0 Å². The monoisotopic (exact) mass is 260 g/mol. The van der Waals surface area contributed by atoms with E-state index < -0.39 is 11.9 Å². The fourth-order valence-electron chi connectivity index (χ4n) is 1.74. The van der Waals surface area contributed by atoms with Gasteiger partial charge in [-0.3, -0.25) is 9.59 Å². The van der Waals surface area contributed by atoms with Crippen molar-refractivity contribution in [1.82, 2.24) is 4.90 Å². The van der Waals surface area contributed by atoms with Crippen LogP contribution in [0.2, 0.25) is 0 Å². The molecule has 0 bridgehead atoms. The Morgan fingerprint density at radius 2 is 1.44 bits per heavy atom. The minimum absolute atomic E-state index is 0.0694. The molecule has 106 valence electrons. The van der Waals surface area contributed by atoms with Crippen molar-refractivity contribution < 1.29 is 19.8 Å². The van der Waals surface area contributed by atoms with Gasteiger partial charge in [0.2, 0.25) is 0 Å². The van der Waals surface area contributed by atoms with Crippen LogP contribution in [-0.2, 0) is 9.59 Å². The summed E-state index contributed by atoms with van der Waals surface area (Å²) in [6.07, 6.45) is 5.45. The summed E-state index contributed by atoms with van der Waals surface area (Å²) in [6, 6.07) is 0. The molecule has 1 fully saturated rings. The van der Waals surface area contributed by atoms with E-state index >= 15 is 0 Å². The molecule has 1 heterocycles. The number of likely N-dealkylation sites (tertiary alicyclic amines) is 1. The Bertz CT molecular complexity index is 238. The van der Waals surface area contributed by atoms with Crippen LogP contribution in [0.5, 0.6) is 0 Å². The van der Waals surface area contributed by atoms with Crippen LogP contribution in [0, 0.1) is 0 Å². The molecule has 1 aliphatic rings. The maximum Gasteiger partial charge on any atom is 0.304 e. The lowest BCUT2D eigenvalue weighted by molar-refractivity contribution is -0.138. The quantitative estimate of drug-likeness (QED) is 0.674. The van der Waals surface area contributed by atoms with Gasteiger partial charge in [0.1, 0.15) is 0 Å². The SMILES string of the molecule is NCCC(=O)O.O=C(O)CCN1CCCCCC1. The molecule has 0 aromatic carbocycles. The van der Waals surface area contributed by atoms with Crippen molar-refractivity contribution in [2.45, 2.75) is 38.5 Å². The summed E-state index contributed by atoms with van der Waals surface area (Å²) < 4.78 is 0. The predicted octanol–water partition coefficient (Wildman–Crippen LogP) is 0.757. The Hall–Kier alpha value is -1.14. The topological polar surface area (TPSA) is 104 Å². The number of rotatable bonds is 5. The molecule has 6 heteroatoms. The first-order valence-corrected chi connectivity index (χ1v) is 6.42. The van der Waals surface area contributed by atoms with Crippen LogP contribution < -0.4 is 5.73 Å². The smallest absolute Gasteiger partial charge is 0.304 e. The van der Waals surface area contributed by atoms with Gasteiger partial charge >= 0.3 is 11.9 Å². The minimum Gasteiger partial charge on any atom is -0.481 e. The lowest BCUT2D eigenvalue weighted by Gasteiger charge is -2.17. The van der Waals surface area contributed by atoms with Gasteiger partial charge in [-0.1, -0.05) is 12.8 Å². The summed E-state index contributed by atoms with van der Waals surface area (Å²) in [5.74, 6) is -1.52. The van der Waals surface area contributed by atoms with Gasteiger partial charge in [-0.15, -0.1) is 0 Å². The van der Waals surface area contributed by atoms with E-state index in [1.807, 2.05) is 0 Å². The van der Waals surface area contributed by atoms with E-state index in [1.165, 1.54) is 25.7 Å². The van der Waals surface area contributed by atoms with Gasteiger partial charge in [-0.25, -0.2) is 0 Å². The molecule has 4 N–H and O–H groups in total. The second kappa shape index (κ2) is 11.0. The third-order valence-electron chi connectivity index (χ3n) is 2.70. The number of nitrogens with zero attached hydrogens (tertiary/aromatic N) is 1. The van der Waals surface area contributed by atoms with E-state index in [9.17, 15) is 9.59 Å². The van der Waals surface area contributed by atoms with E-state index in [1.54, 1.807) is 0 Å². The molecule has 6 nitrogen and oxygen atoms in total. The number of nitrogens with two attached hydrogens (primary N) is 1. The van der Waals surface area contributed by atoms with E-state index in [-0.39, 0.29) is 13.0 Å². The van der Waals surface area contributed by atoms with Gasteiger partial charge < -0.3 is 20.8 Å². The number of aliphatic carboxylic acids is 2. The first-order valence-electron chi connectivity index (χ1n) is 6.42. The normalized spacial score (nSPS) is 16.3. The molecule has 0 atom stereocenters. The Balaban J connectivity index is 0.000000411. The van der Waals surface area contributed by atoms with Gasteiger partial charge in [-0.2, -0.15) is 0 Å². The highest BCUT2D eigenvalue weighted by molar-refractivity contribution is 5.67. The number of carboxylic acid groups (broad SMARTS) is 2. The molecule has 18 heavy (non-hydrogen) atoms. The lowest BCUT2D eigenvalue weighted by Crippen LogP contribution is -2.27. The van der Waals surface area contributed by atoms with E-state index in [0.29, 0.717) is 6.42 Å². The van der Waals surface area contributed by atoms with Crippen molar-refractivity contribution in [3.05, 3.63) is 0 Å². The zero-order chi connectivity index (χ0) is 13.8. The van der Waals surface area contributed by atoms with Crippen molar-refractivity contribution >= 4 is 11.9 Å². The van der Waals surface area contributed by atoms with Gasteiger partial charge in [-0.05, 0) is 25.9 Å². The first kappa shape index (κ1) is 16.9. The van der Waals surface area contributed by atoms with Crippen molar-refractivity contribution in [2.24, 2.45) is 5.73 Å². The molecule has 1 aliphatic heterocycles. The fraction of sp³-hybridized carbons (Fsp3) is 0.833. The largest absolute Gasteiger partial charge is 0.481 e. The van der Waals surface area contributed by atoms with Gasteiger partial charge in [0, 0.05) is 13.1 Å². The molecule has 0 amide bonds. The fourth-order valence-corrected chi connectivity index (χ4v) is 1.74. The van der Waals surface area contributed by atoms with E-state index in [4.69, 9.17) is 15.9 Å². The lowest BCUT2D eigenvalue weighted by atomic mass is 10.2. The summed E-state index contributed by atoms with van der Waals surface area (Å²) in [5.41, 5.74) is 4.85. The Morgan fingerprint density at radius 1 is 0.944 bits per heavy atom.